The molecule has 3 aromatic rings. The van der Waals surface area contributed by atoms with Crippen LogP contribution in [0.1, 0.15) is 0 Å². The first kappa shape index (κ1) is 17.0. The largest absolute Gasteiger partial charge is 0.454 e. The number of rotatable bonds is 5. The van der Waals surface area contributed by atoms with Crippen molar-refractivity contribution in [3.05, 3.63) is 60.4 Å². The lowest BCUT2D eigenvalue weighted by Gasteiger charge is -2.08. The van der Waals surface area contributed by atoms with Crippen LogP contribution in [0.5, 0.6) is 11.5 Å². The third kappa shape index (κ3) is 3.75. The first-order valence-electron chi connectivity index (χ1n) is 7.78. The maximum absolute atomic E-state index is 12.9. The summed E-state index contributed by atoms with van der Waals surface area (Å²) < 4.78 is 50.3. The molecule has 0 saturated heterocycles. The van der Waals surface area contributed by atoms with Gasteiger partial charge in [-0.2, -0.15) is 0 Å². The monoisotopic (exact) mass is 388 g/mol. The van der Waals surface area contributed by atoms with E-state index in [0.29, 0.717) is 23.0 Å². The molecule has 0 bridgehead atoms. The van der Waals surface area contributed by atoms with Crippen LogP contribution in [0.4, 0.5) is 21.7 Å². The standard InChI is InChI=1S/C17H13FN4O4S/c18-11-1-4-13(5-2-11)27(23,24)22-17-8-7-16(20-21-17)19-12-3-6-14-15(9-12)26-10-25-14/h1-9H,10H2,(H,19,20)(H,21,22). The fraction of sp³-hybridized carbons (Fsp3) is 0.0588. The first-order chi connectivity index (χ1) is 13.0. The Bertz CT molecular complexity index is 1070. The highest BCUT2D eigenvalue weighted by molar-refractivity contribution is 7.92. The van der Waals surface area contributed by atoms with Crippen molar-refractivity contribution < 1.29 is 22.3 Å². The Labute approximate surface area is 154 Å². The molecule has 0 amide bonds. The molecule has 0 fully saturated rings. The number of sulfonamides is 1. The second kappa shape index (κ2) is 6.72. The molecule has 2 aromatic carbocycles. The molecule has 2 heterocycles. The summed E-state index contributed by atoms with van der Waals surface area (Å²) in [6.07, 6.45) is 0. The Kier molecular flexibility index (Phi) is 4.24. The summed E-state index contributed by atoms with van der Waals surface area (Å²) in [6.45, 7) is 0.182. The molecule has 0 saturated carbocycles. The van der Waals surface area contributed by atoms with Gasteiger partial charge in [-0.3, -0.25) is 4.72 Å². The molecule has 2 N–H and O–H groups in total. The summed E-state index contributed by atoms with van der Waals surface area (Å²) in [5.41, 5.74) is 0.716. The van der Waals surface area contributed by atoms with E-state index in [1.54, 1.807) is 24.3 Å². The van der Waals surface area contributed by atoms with Crippen molar-refractivity contribution in [1.29, 1.82) is 0 Å². The van der Waals surface area contributed by atoms with E-state index >= 15 is 0 Å². The molecule has 0 radical (unpaired) electrons. The van der Waals surface area contributed by atoms with Crippen molar-refractivity contribution >= 4 is 27.3 Å². The fourth-order valence-electron chi connectivity index (χ4n) is 2.39. The van der Waals surface area contributed by atoms with Crippen LogP contribution in [0.2, 0.25) is 0 Å². The molecule has 1 aliphatic rings. The van der Waals surface area contributed by atoms with E-state index in [9.17, 15) is 12.8 Å². The van der Waals surface area contributed by atoms with Gasteiger partial charge in [-0.15, -0.1) is 10.2 Å². The van der Waals surface area contributed by atoms with Gasteiger partial charge in [0.25, 0.3) is 10.0 Å². The zero-order chi connectivity index (χ0) is 18.9. The Morgan fingerprint density at radius 1 is 0.889 bits per heavy atom. The maximum atomic E-state index is 12.9. The summed E-state index contributed by atoms with van der Waals surface area (Å²) in [5, 5.41) is 10.8. The average Bonchev–Trinajstić information content (AvgIpc) is 3.11. The van der Waals surface area contributed by atoms with Crippen molar-refractivity contribution in [2.24, 2.45) is 0 Å². The van der Waals surface area contributed by atoms with Gasteiger partial charge in [-0.25, -0.2) is 12.8 Å². The van der Waals surface area contributed by atoms with Gasteiger partial charge in [0.2, 0.25) is 6.79 Å². The number of nitrogens with one attached hydrogen (secondary N) is 2. The highest BCUT2D eigenvalue weighted by atomic mass is 32.2. The minimum absolute atomic E-state index is 0.0376. The number of hydrogen-bond donors (Lipinski definition) is 2. The summed E-state index contributed by atoms with van der Waals surface area (Å²) in [6, 6.07) is 12.8. The lowest BCUT2D eigenvalue weighted by atomic mass is 10.3. The van der Waals surface area contributed by atoms with Crippen molar-refractivity contribution in [3.63, 3.8) is 0 Å². The van der Waals surface area contributed by atoms with E-state index in [-0.39, 0.29) is 17.5 Å². The average molecular weight is 388 g/mol. The fourth-order valence-corrected chi connectivity index (χ4v) is 3.38. The van der Waals surface area contributed by atoms with Gasteiger partial charge >= 0.3 is 0 Å². The number of ether oxygens (including phenoxy) is 2. The molecule has 4 rings (SSSR count). The van der Waals surface area contributed by atoms with Crippen LogP contribution in [0, 0.1) is 5.82 Å². The number of nitrogens with zero attached hydrogens (tertiary/aromatic N) is 2. The molecule has 10 heteroatoms. The highest BCUT2D eigenvalue weighted by Gasteiger charge is 2.16. The van der Waals surface area contributed by atoms with Gasteiger partial charge in [0.1, 0.15) is 5.82 Å². The molecule has 8 nitrogen and oxygen atoms in total. The lowest BCUT2D eigenvalue weighted by Crippen LogP contribution is -2.14. The Morgan fingerprint density at radius 3 is 2.33 bits per heavy atom. The molecule has 27 heavy (non-hydrogen) atoms. The maximum Gasteiger partial charge on any atom is 0.263 e. The zero-order valence-electron chi connectivity index (χ0n) is 13.7. The van der Waals surface area contributed by atoms with Crippen LogP contribution in [0.15, 0.2) is 59.5 Å². The van der Waals surface area contributed by atoms with Gasteiger partial charge in [-0.1, -0.05) is 0 Å². The van der Waals surface area contributed by atoms with Gasteiger partial charge in [0, 0.05) is 11.8 Å². The second-order valence-electron chi connectivity index (χ2n) is 5.56. The molecule has 0 atom stereocenters. The van der Waals surface area contributed by atoms with Crippen molar-refractivity contribution in [3.8, 4) is 11.5 Å². The molecule has 0 spiro atoms. The SMILES string of the molecule is O=S(=O)(Nc1ccc(Nc2ccc3c(c2)OCO3)nn1)c1ccc(F)cc1. The second-order valence-corrected chi connectivity index (χ2v) is 7.24. The molecule has 138 valence electrons. The van der Waals surface area contributed by atoms with Crippen LogP contribution in [-0.4, -0.2) is 25.4 Å². The van der Waals surface area contributed by atoms with E-state index in [0.717, 1.165) is 12.1 Å². The van der Waals surface area contributed by atoms with Crippen molar-refractivity contribution in [2.45, 2.75) is 4.90 Å². The third-order valence-corrected chi connectivity index (χ3v) is 5.04. The van der Waals surface area contributed by atoms with Crippen molar-refractivity contribution in [1.82, 2.24) is 10.2 Å². The van der Waals surface area contributed by atoms with Crippen LogP contribution < -0.4 is 19.5 Å². The number of benzene rings is 2. The lowest BCUT2D eigenvalue weighted by molar-refractivity contribution is 0.174. The molecular weight excluding hydrogens is 375 g/mol. The van der Waals surface area contributed by atoms with Crippen molar-refractivity contribution in [2.75, 3.05) is 16.8 Å². The van der Waals surface area contributed by atoms with Crippen LogP contribution in [0.25, 0.3) is 0 Å². The molecule has 0 unspecified atom stereocenters. The van der Waals surface area contributed by atoms with E-state index in [1.165, 1.54) is 18.2 Å². The Morgan fingerprint density at radius 2 is 1.59 bits per heavy atom. The normalized spacial score (nSPS) is 12.6. The van der Waals surface area contributed by atoms with E-state index in [4.69, 9.17) is 9.47 Å². The number of aromatic nitrogens is 2. The van der Waals surface area contributed by atoms with Gasteiger partial charge in [0.15, 0.2) is 23.1 Å². The van der Waals surface area contributed by atoms with Crippen LogP contribution >= 0.6 is 0 Å². The minimum Gasteiger partial charge on any atom is -0.454 e. The summed E-state index contributed by atoms with van der Waals surface area (Å²) >= 11 is 0. The topological polar surface area (TPSA) is 102 Å². The third-order valence-electron chi connectivity index (χ3n) is 3.67. The quantitative estimate of drug-likeness (QED) is 0.693. The number of halogens is 1. The molecular formula is C17H13FN4O4S. The number of fused-ring (bicyclic) bond motifs is 1. The molecule has 0 aliphatic carbocycles. The van der Waals surface area contributed by atoms with E-state index < -0.39 is 15.8 Å². The predicted octanol–water partition coefficient (Wildman–Crippen LogP) is 2.89. The van der Waals surface area contributed by atoms with Gasteiger partial charge < -0.3 is 14.8 Å². The van der Waals surface area contributed by atoms with Gasteiger partial charge in [-0.05, 0) is 48.5 Å². The first-order valence-corrected chi connectivity index (χ1v) is 9.27. The summed E-state index contributed by atoms with van der Waals surface area (Å²) in [7, 11) is -3.88. The summed E-state index contributed by atoms with van der Waals surface area (Å²) in [4.78, 5) is -0.0757. The zero-order valence-corrected chi connectivity index (χ0v) is 14.5. The summed E-state index contributed by atoms with van der Waals surface area (Å²) in [5.74, 6) is 1.22. The van der Waals surface area contributed by atoms with Crippen LogP contribution in [-0.2, 0) is 10.0 Å². The number of hydrogen-bond acceptors (Lipinski definition) is 7. The molecule has 1 aromatic heterocycles. The van der Waals surface area contributed by atoms with E-state index in [1.807, 2.05) is 0 Å². The Balaban J connectivity index is 1.46. The van der Waals surface area contributed by atoms with E-state index in [2.05, 4.69) is 20.2 Å². The predicted molar refractivity (Wildman–Crippen MR) is 95.1 cm³/mol. The Hall–Kier alpha value is -3.40. The minimum atomic E-state index is -3.88. The van der Waals surface area contributed by atoms with Gasteiger partial charge in [0.05, 0.1) is 4.90 Å². The molecule has 1 aliphatic heterocycles. The smallest absolute Gasteiger partial charge is 0.263 e. The van der Waals surface area contributed by atoms with Crippen LogP contribution in [0.3, 0.4) is 0 Å². The number of anilines is 3. The highest BCUT2D eigenvalue weighted by Crippen LogP contribution is 2.34.